The van der Waals surface area contributed by atoms with E-state index in [2.05, 4.69) is 23.4 Å². The minimum absolute atomic E-state index is 0. The van der Waals surface area contributed by atoms with Crippen LogP contribution in [0.1, 0.15) is 31.9 Å². The molecule has 15 heavy (non-hydrogen) atoms. The first-order valence-electron chi connectivity index (χ1n) is 5.51. The van der Waals surface area contributed by atoms with Crippen LogP contribution >= 0.6 is 12.4 Å². The fourth-order valence-electron chi connectivity index (χ4n) is 2.00. The van der Waals surface area contributed by atoms with Crippen molar-refractivity contribution in [2.75, 3.05) is 0 Å². The molecule has 3 nitrogen and oxygen atoms in total. The van der Waals surface area contributed by atoms with E-state index in [0.29, 0.717) is 0 Å². The van der Waals surface area contributed by atoms with Crippen LogP contribution < -0.4 is 5.32 Å². The van der Waals surface area contributed by atoms with Crippen LogP contribution in [-0.4, -0.2) is 15.8 Å². The highest BCUT2D eigenvalue weighted by molar-refractivity contribution is 5.85. The molecule has 0 aliphatic heterocycles. The van der Waals surface area contributed by atoms with Crippen molar-refractivity contribution in [1.29, 1.82) is 0 Å². The van der Waals surface area contributed by atoms with E-state index in [4.69, 9.17) is 0 Å². The Hall–Kier alpha value is -0.540. The first-order chi connectivity index (χ1) is 6.81. The second-order valence-corrected chi connectivity index (χ2v) is 4.22. The minimum Gasteiger partial charge on any atom is -0.308 e. The molecule has 1 aromatic heterocycles. The van der Waals surface area contributed by atoms with E-state index in [1.54, 1.807) is 0 Å². The van der Waals surface area contributed by atoms with Gasteiger partial charge in [-0.05, 0) is 24.8 Å². The number of nitrogens with zero attached hydrogens (tertiary/aromatic N) is 2. The Morgan fingerprint density at radius 2 is 2.40 bits per heavy atom. The lowest BCUT2D eigenvalue weighted by molar-refractivity contribution is 0.575. The van der Waals surface area contributed by atoms with Crippen LogP contribution in [0.3, 0.4) is 0 Å². The smallest absolute Gasteiger partial charge is 0.0518 e. The molecule has 0 aromatic carbocycles. The Morgan fingerprint density at radius 3 is 3.00 bits per heavy atom. The van der Waals surface area contributed by atoms with Gasteiger partial charge in [-0.25, -0.2) is 0 Å². The quantitative estimate of drug-likeness (QED) is 0.839. The number of rotatable bonds is 5. The molecular formula is C11H20ClN3. The van der Waals surface area contributed by atoms with Crippen LogP contribution in [0.4, 0.5) is 0 Å². The molecule has 1 fully saturated rings. The van der Waals surface area contributed by atoms with Crippen LogP contribution in [0, 0.1) is 5.92 Å². The van der Waals surface area contributed by atoms with Gasteiger partial charge in [0, 0.05) is 25.8 Å². The summed E-state index contributed by atoms with van der Waals surface area (Å²) in [6.07, 6.45) is 5.91. The van der Waals surface area contributed by atoms with E-state index in [1.165, 1.54) is 25.0 Å². The van der Waals surface area contributed by atoms with Crippen molar-refractivity contribution in [3.05, 3.63) is 18.0 Å². The molecule has 0 radical (unpaired) electrons. The maximum atomic E-state index is 4.15. The maximum absolute atomic E-state index is 4.15. The van der Waals surface area contributed by atoms with Crippen molar-refractivity contribution in [3.8, 4) is 0 Å². The molecule has 1 saturated carbocycles. The van der Waals surface area contributed by atoms with Gasteiger partial charge in [-0.1, -0.05) is 13.3 Å². The summed E-state index contributed by atoms with van der Waals surface area (Å²) in [5, 5.41) is 7.72. The van der Waals surface area contributed by atoms with E-state index in [9.17, 15) is 0 Å². The highest BCUT2D eigenvalue weighted by atomic mass is 35.5. The molecule has 2 rings (SSSR count). The van der Waals surface area contributed by atoms with Gasteiger partial charge in [-0.2, -0.15) is 5.10 Å². The van der Waals surface area contributed by atoms with E-state index < -0.39 is 0 Å². The fourth-order valence-corrected chi connectivity index (χ4v) is 2.00. The Morgan fingerprint density at radius 1 is 1.60 bits per heavy atom. The largest absolute Gasteiger partial charge is 0.308 e. The summed E-state index contributed by atoms with van der Waals surface area (Å²) in [6.45, 7) is 3.22. The summed E-state index contributed by atoms with van der Waals surface area (Å²) in [5.41, 5.74) is 1.27. The van der Waals surface area contributed by atoms with Gasteiger partial charge in [0.05, 0.1) is 5.69 Å². The van der Waals surface area contributed by atoms with Crippen LogP contribution in [0.2, 0.25) is 0 Å². The maximum Gasteiger partial charge on any atom is 0.0518 e. The molecule has 1 aromatic rings. The minimum atomic E-state index is 0. The predicted octanol–water partition coefficient (Wildman–Crippen LogP) is 2.12. The molecule has 0 spiro atoms. The van der Waals surface area contributed by atoms with E-state index >= 15 is 0 Å². The zero-order valence-electron chi connectivity index (χ0n) is 9.44. The molecule has 1 N–H and O–H groups in total. The third kappa shape index (κ3) is 3.21. The van der Waals surface area contributed by atoms with Crippen LogP contribution in [0.5, 0.6) is 0 Å². The second kappa shape index (κ2) is 5.52. The number of aromatic nitrogens is 2. The monoisotopic (exact) mass is 229 g/mol. The van der Waals surface area contributed by atoms with Gasteiger partial charge in [0.2, 0.25) is 0 Å². The molecule has 0 saturated heterocycles. The lowest BCUT2D eigenvalue weighted by Gasteiger charge is -2.04. The zero-order valence-corrected chi connectivity index (χ0v) is 10.3. The number of hydrogen-bond donors (Lipinski definition) is 1. The number of halogens is 1. The Labute approximate surface area is 97.7 Å². The predicted molar refractivity (Wildman–Crippen MR) is 64.1 cm³/mol. The van der Waals surface area contributed by atoms with Crippen molar-refractivity contribution < 1.29 is 0 Å². The van der Waals surface area contributed by atoms with E-state index in [0.717, 1.165) is 18.5 Å². The van der Waals surface area contributed by atoms with Gasteiger partial charge in [-0.3, -0.25) is 4.68 Å². The SMILES string of the molecule is CCCC1CC1NCc1ccnn1C.Cl. The van der Waals surface area contributed by atoms with E-state index in [-0.39, 0.29) is 12.4 Å². The fraction of sp³-hybridized carbons (Fsp3) is 0.727. The number of hydrogen-bond acceptors (Lipinski definition) is 2. The first-order valence-corrected chi connectivity index (χ1v) is 5.51. The van der Waals surface area contributed by atoms with Crippen molar-refractivity contribution >= 4 is 12.4 Å². The molecule has 4 heteroatoms. The lowest BCUT2D eigenvalue weighted by Crippen LogP contribution is -2.19. The van der Waals surface area contributed by atoms with Gasteiger partial charge in [0.1, 0.15) is 0 Å². The number of aryl methyl sites for hydroxylation is 1. The Balaban J connectivity index is 0.00000112. The van der Waals surface area contributed by atoms with Gasteiger partial charge < -0.3 is 5.32 Å². The lowest BCUT2D eigenvalue weighted by atomic mass is 10.2. The number of nitrogens with one attached hydrogen (secondary N) is 1. The molecule has 0 bridgehead atoms. The van der Waals surface area contributed by atoms with Crippen LogP contribution in [0.15, 0.2) is 12.3 Å². The van der Waals surface area contributed by atoms with Gasteiger partial charge >= 0.3 is 0 Å². The average molecular weight is 230 g/mol. The molecular weight excluding hydrogens is 210 g/mol. The molecule has 1 heterocycles. The first kappa shape index (κ1) is 12.5. The normalized spacial score (nSPS) is 23.6. The molecule has 1 aliphatic rings. The molecule has 86 valence electrons. The third-order valence-corrected chi connectivity index (χ3v) is 3.05. The second-order valence-electron chi connectivity index (χ2n) is 4.22. The Kier molecular flexibility index (Phi) is 4.61. The van der Waals surface area contributed by atoms with Gasteiger partial charge in [0.15, 0.2) is 0 Å². The highest BCUT2D eigenvalue weighted by Crippen LogP contribution is 2.34. The Bertz CT molecular complexity index is 298. The van der Waals surface area contributed by atoms with Gasteiger partial charge in [-0.15, -0.1) is 12.4 Å². The highest BCUT2D eigenvalue weighted by Gasteiger charge is 2.35. The van der Waals surface area contributed by atoms with Crippen molar-refractivity contribution in [2.45, 2.75) is 38.8 Å². The van der Waals surface area contributed by atoms with Crippen molar-refractivity contribution in [3.63, 3.8) is 0 Å². The summed E-state index contributed by atoms with van der Waals surface area (Å²) >= 11 is 0. The average Bonchev–Trinajstić information content (AvgIpc) is 2.78. The van der Waals surface area contributed by atoms with Crippen LogP contribution in [0.25, 0.3) is 0 Å². The molecule has 2 atom stereocenters. The summed E-state index contributed by atoms with van der Waals surface area (Å²) < 4.78 is 1.93. The summed E-state index contributed by atoms with van der Waals surface area (Å²) in [5.74, 6) is 0.938. The zero-order chi connectivity index (χ0) is 9.97. The topological polar surface area (TPSA) is 29.9 Å². The molecule has 1 aliphatic carbocycles. The van der Waals surface area contributed by atoms with Gasteiger partial charge in [0.25, 0.3) is 0 Å². The van der Waals surface area contributed by atoms with Crippen LogP contribution in [-0.2, 0) is 13.6 Å². The summed E-state index contributed by atoms with van der Waals surface area (Å²) in [4.78, 5) is 0. The van der Waals surface area contributed by atoms with Crippen molar-refractivity contribution in [2.24, 2.45) is 13.0 Å². The summed E-state index contributed by atoms with van der Waals surface area (Å²) in [7, 11) is 1.99. The van der Waals surface area contributed by atoms with Crippen molar-refractivity contribution in [1.82, 2.24) is 15.1 Å². The molecule has 2 unspecified atom stereocenters. The standard InChI is InChI=1S/C11H19N3.ClH/c1-3-4-9-7-11(9)12-8-10-5-6-13-14(10)2;/h5-6,9,11-12H,3-4,7-8H2,1-2H3;1H. The molecule has 0 amide bonds. The summed E-state index contributed by atoms with van der Waals surface area (Å²) in [6, 6.07) is 2.84. The van der Waals surface area contributed by atoms with E-state index in [1.807, 2.05) is 17.9 Å². The third-order valence-electron chi connectivity index (χ3n) is 3.05.